The monoisotopic (exact) mass is 239 g/mol. The molecule has 1 aromatic rings. The molecule has 1 aliphatic rings. The molecule has 0 aliphatic carbocycles. The average Bonchev–Trinajstić information content (AvgIpc) is 2.69. The van der Waals surface area contributed by atoms with E-state index >= 15 is 0 Å². The molecular formula is C10H14FN5O. The Balaban J connectivity index is 2.08. The van der Waals surface area contributed by atoms with E-state index in [1.165, 1.54) is 0 Å². The molecule has 2 rings (SSSR count). The molecule has 0 saturated carbocycles. The number of nitrogens with one attached hydrogen (secondary N) is 3. The van der Waals surface area contributed by atoms with E-state index in [0.29, 0.717) is 25.5 Å². The van der Waals surface area contributed by atoms with Crippen molar-refractivity contribution in [1.29, 1.82) is 0 Å². The van der Waals surface area contributed by atoms with Crippen LogP contribution in [0.3, 0.4) is 0 Å². The molecule has 92 valence electrons. The summed E-state index contributed by atoms with van der Waals surface area (Å²) in [5, 5.41) is 8.45. The van der Waals surface area contributed by atoms with E-state index in [1.807, 2.05) is 6.92 Å². The predicted molar refractivity (Wildman–Crippen MR) is 61.2 cm³/mol. The molecule has 1 unspecified atom stereocenters. The Morgan fingerprint density at radius 3 is 3.12 bits per heavy atom. The first-order valence-corrected chi connectivity index (χ1v) is 5.48. The second-order valence-electron chi connectivity index (χ2n) is 3.77. The van der Waals surface area contributed by atoms with Gasteiger partial charge in [-0.25, -0.2) is 9.37 Å². The van der Waals surface area contributed by atoms with Crippen molar-refractivity contribution in [2.75, 3.05) is 23.7 Å². The molecule has 1 amide bonds. The Labute approximate surface area is 98.0 Å². The van der Waals surface area contributed by atoms with Gasteiger partial charge in [0, 0.05) is 19.5 Å². The van der Waals surface area contributed by atoms with Gasteiger partial charge < -0.3 is 16.0 Å². The minimum Gasteiger partial charge on any atom is -0.362 e. The summed E-state index contributed by atoms with van der Waals surface area (Å²) in [5.74, 6) is -0.0685. The summed E-state index contributed by atoms with van der Waals surface area (Å²) in [5.41, 5.74) is 0. The number of hydrogen-bond donors (Lipinski definition) is 3. The van der Waals surface area contributed by atoms with Gasteiger partial charge >= 0.3 is 0 Å². The molecule has 0 radical (unpaired) electrons. The van der Waals surface area contributed by atoms with Crippen LogP contribution in [0.2, 0.25) is 0 Å². The number of nitrogens with zero attached hydrogens (tertiary/aromatic N) is 2. The Morgan fingerprint density at radius 1 is 1.65 bits per heavy atom. The average molecular weight is 239 g/mol. The normalized spacial score (nSPS) is 18.9. The van der Waals surface area contributed by atoms with E-state index in [0.717, 1.165) is 6.20 Å². The number of carbonyl (C=O) groups is 1. The van der Waals surface area contributed by atoms with Crippen molar-refractivity contribution in [2.24, 2.45) is 0 Å². The SMILES string of the molecule is CCNc1ncc(F)c(NC2CNC(=O)C2)n1. The van der Waals surface area contributed by atoms with E-state index in [-0.39, 0.29) is 17.8 Å². The van der Waals surface area contributed by atoms with Gasteiger partial charge in [0.2, 0.25) is 11.9 Å². The van der Waals surface area contributed by atoms with Gasteiger partial charge in [-0.05, 0) is 6.92 Å². The van der Waals surface area contributed by atoms with Crippen LogP contribution < -0.4 is 16.0 Å². The minimum absolute atomic E-state index is 0.0381. The number of aromatic nitrogens is 2. The minimum atomic E-state index is -0.522. The second-order valence-corrected chi connectivity index (χ2v) is 3.77. The van der Waals surface area contributed by atoms with Crippen molar-refractivity contribution in [3.05, 3.63) is 12.0 Å². The third kappa shape index (κ3) is 2.80. The molecule has 3 N–H and O–H groups in total. The summed E-state index contributed by atoms with van der Waals surface area (Å²) in [6, 6.07) is -0.124. The molecule has 0 bridgehead atoms. The lowest BCUT2D eigenvalue weighted by Crippen LogP contribution is -2.23. The van der Waals surface area contributed by atoms with E-state index in [2.05, 4.69) is 25.9 Å². The van der Waals surface area contributed by atoms with Gasteiger partial charge in [-0.3, -0.25) is 4.79 Å². The zero-order valence-electron chi connectivity index (χ0n) is 9.46. The molecule has 1 fully saturated rings. The first kappa shape index (κ1) is 11.6. The van der Waals surface area contributed by atoms with E-state index < -0.39 is 5.82 Å². The molecule has 1 aromatic heterocycles. The highest BCUT2D eigenvalue weighted by Gasteiger charge is 2.22. The van der Waals surface area contributed by atoms with E-state index in [1.54, 1.807) is 0 Å². The molecule has 17 heavy (non-hydrogen) atoms. The predicted octanol–water partition coefficient (Wildman–Crippen LogP) is 0.348. The maximum Gasteiger partial charge on any atom is 0.224 e. The smallest absolute Gasteiger partial charge is 0.224 e. The Kier molecular flexibility index (Phi) is 3.36. The van der Waals surface area contributed by atoms with Crippen molar-refractivity contribution in [3.8, 4) is 0 Å². The zero-order chi connectivity index (χ0) is 12.3. The van der Waals surface area contributed by atoms with Crippen molar-refractivity contribution in [1.82, 2.24) is 15.3 Å². The van der Waals surface area contributed by atoms with Crippen LogP contribution in [0.25, 0.3) is 0 Å². The molecule has 7 heteroatoms. The van der Waals surface area contributed by atoms with Gasteiger partial charge in [0.15, 0.2) is 11.6 Å². The third-order valence-corrected chi connectivity index (χ3v) is 2.40. The van der Waals surface area contributed by atoms with Crippen LogP contribution in [0.5, 0.6) is 0 Å². The van der Waals surface area contributed by atoms with Gasteiger partial charge in [-0.2, -0.15) is 4.98 Å². The maximum absolute atomic E-state index is 13.4. The fraction of sp³-hybridized carbons (Fsp3) is 0.500. The fourth-order valence-corrected chi connectivity index (χ4v) is 1.61. The second kappa shape index (κ2) is 4.94. The highest BCUT2D eigenvalue weighted by atomic mass is 19.1. The van der Waals surface area contributed by atoms with Crippen LogP contribution in [0.15, 0.2) is 6.20 Å². The molecule has 1 aliphatic heterocycles. The van der Waals surface area contributed by atoms with Gasteiger partial charge in [0.05, 0.1) is 12.2 Å². The van der Waals surface area contributed by atoms with E-state index in [4.69, 9.17) is 0 Å². The number of amides is 1. The molecule has 6 nitrogen and oxygen atoms in total. The van der Waals surface area contributed by atoms with Crippen LogP contribution >= 0.6 is 0 Å². The van der Waals surface area contributed by atoms with Crippen LogP contribution in [0.1, 0.15) is 13.3 Å². The van der Waals surface area contributed by atoms with Crippen molar-refractivity contribution in [3.63, 3.8) is 0 Å². The summed E-state index contributed by atoms with van der Waals surface area (Å²) < 4.78 is 13.4. The van der Waals surface area contributed by atoms with Crippen LogP contribution in [0.4, 0.5) is 16.2 Å². The highest BCUT2D eigenvalue weighted by Crippen LogP contribution is 2.15. The Morgan fingerprint density at radius 2 is 2.47 bits per heavy atom. The van der Waals surface area contributed by atoms with Crippen molar-refractivity contribution >= 4 is 17.7 Å². The standard InChI is InChI=1S/C10H14FN5O/c1-2-12-10-14-5-7(11)9(16-10)15-6-3-8(17)13-4-6/h5-6H,2-4H2,1H3,(H,13,17)(H2,12,14,15,16). The molecule has 1 atom stereocenters. The van der Waals surface area contributed by atoms with Crippen LogP contribution in [-0.2, 0) is 4.79 Å². The quantitative estimate of drug-likeness (QED) is 0.706. The summed E-state index contributed by atoms with van der Waals surface area (Å²) in [7, 11) is 0. The molecular weight excluding hydrogens is 225 g/mol. The van der Waals surface area contributed by atoms with Gasteiger partial charge in [0.1, 0.15) is 0 Å². The Hall–Kier alpha value is -1.92. The van der Waals surface area contributed by atoms with Gasteiger partial charge in [-0.15, -0.1) is 0 Å². The van der Waals surface area contributed by atoms with E-state index in [9.17, 15) is 9.18 Å². The summed E-state index contributed by atoms with van der Waals surface area (Å²) in [4.78, 5) is 18.8. The number of carbonyl (C=O) groups excluding carboxylic acids is 1. The summed E-state index contributed by atoms with van der Waals surface area (Å²) in [6.45, 7) is 3.05. The Bertz CT molecular complexity index is 425. The lowest BCUT2D eigenvalue weighted by molar-refractivity contribution is -0.119. The summed E-state index contributed by atoms with van der Waals surface area (Å²) in [6.07, 6.45) is 1.44. The zero-order valence-corrected chi connectivity index (χ0v) is 9.46. The molecule has 0 spiro atoms. The van der Waals surface area contributed by atoms with Crippen molar-refractivity contribution < 1.29 is 9.18 Å². The third-order valence-electron chi connectivity index (χ3n) is 2.40. The lowest BCUT2D eigenvalue weighted by Gasteiger charge is -2.12. The first-order valence-electron chi connectivity index (χ1n) is 5.48. The number of rotatable bonds is 4. The molecule has 2 heterocycles. The number of hydrogen-bond acceptors (Lipinski definition) is 5. The van der Waals surface area contributed by atoms with Crippen molar-refractivity contribution in [2.45, 2.75) is 19.4 Å². The summed E-state index contributed by atoms with van der Waals surface area (Å²) >= 11 is 0. The topological polar surface area (TPSA) is 78.9 Å². The number of anilines is 2. The van der Waals surface area contributed by atoms with Gasteiger partial charge in [-0.1, -0.05) is 0 Å². The highest BCUT2D eigenvalue weighted by molar-refractivity contribution is 5.79. The fourth-order valence-electron chi connectivity index (χ4n) is 1.61. The largest absolute Gasteiger partial charge is 0.362 e. The maximum atomic E-state index is 13.4. The molecule has 1 saturated heterocycles. The first-order chi connectivity index (χ1) is 8.19. The lowest BCUT2D eigenvalue weighted by atomic mass is 10.2. The molecule has 0 aromatic carbocycles. The van der Waals surface area contributed by atoms with Gasteiger partial charge in [0.25, 0.3) is 0 Å². The number of halogens is 1. The van der Waals surface area contributed by atoms with Crippen LogP contribution in [0, 0.1) is 5.82 Å². The van der Waals surface area contributed by atoms with Crippen LogP contribution in [-0.4, -0.2) is 35.0 Å².